The van der Waals surface area contributed by atoms with Gasteiger partial charge in [-0.05, 0) is 12.8 Å². The van der Waals surface area contributed by atoms with Crippen LogP contribution in [0.2, 0.25) is 0 Å². The van der Waals surface area contributed by atoms with Crippen molar-refractivity contribution in [2.24, 2.45) is 5.73 Å². The molecule has 1 aliphatic rings. The number of rotatable bonds is 5. The van der Waals surface area contributed by atoms with Gasteiger partial charge >= 0.3 is 5.97 Å². The number of nitrogens with one attached hydrogen (secondary N) is 1. The SMILES string of the molecule is NC(=O)CNC(=O)COC(=O)[C@H]1CCCO1. The summed E-state index contributed by atoms with van der Waals surface area (Å²) in [7, 11) is 0. The van der Waals surface area contributed by atoms with Gasteiger partial charge in [-0.2, -0.15) is 0 Å². The fraction of sp³-hybridized carbons (Fsp3) is 0.667. The van der Waals surface area contributed by atoms with Crippen molar-refractivity contribution in [1.82, 2.24) is 5.32 Å². The molecule has 0 saturated carbocycles. The molecule has 1 saturated heterocycles. The van der Waals surface area contributed by atoms with Crippen molar-refractivity contribution in [3.05, 3.63) is 0 Å². The molecule has 3 N–H and O–H groups in total. The van der Waals surface area contributed by atoms with E-state index >= 15 is 0 Å². The molecule has 1 aliphatic heterocycles. The van der Waals surface area contributed by atoms with E-state index in [4.69, 9.17) is 15.2 Å². The van der Waals surface area contributed by atoms with Crippen molar-refractivity contribution in [2.45, 2.75) is 18.9 Å². The first-order valence-electron chi connectivity index (χ1n) is 4.93. The summed E-state index contributed by atoms with van der Waals surface area (Å²) in [6.45, 7) is -0.157. The summed E-state index contributed by atoms with van der Waals surface area (Å²) in [5.74, 6) is -1.77. The molecule has 0 unspecified atom stereocenters. The second kappa shape index (κ2) is 6.06. The van der Waals surface area contributed by atoms with E-state index < -0.39 is 30.5 Å². The third kappa shape index (κ3) is 4.26. The Morgan fingerprint density at radius 1 is 1.44 bits per heavy atom. The number of primary amides is 1. The number of hydrogen-bond acceptors (Lipinski definition) is 5. The molecule has 1 heterocycles. The minimum absolute atomic E-state index is 0.268. The molecule has 7 nitrogen and oxygen atoms in total. The predicted molar refractivity (Wildman–Crippen MR) is 52.1 cm³/mol. The molecular formula is C9H14N2O5. The van der Waals surface area contributed by atoms with Gasteiger partial charge in [-0.15, -0.1) is 0 Å². The largest absolute Gasteiger partial charge is 0.454 e. The van der Waals surface area contributed by atoms with Gasteiger partial charge in [0.1, 0.15) is 0 Å². The van der Waals surface area contributed by atoms with E-state index in [1.807, 2.05) is 0 Å². The van der Waals surface area contributed by atoms with Crippen LogP contribution in [0.15, 0.2) is 0 Å². The van der Waals surface area contributed by atoms with E-state index in [1.165, 1.54) is 0 Å². The lowest BCUT2D eigenvalue weighted by Crippen LogP contribution is -2.36. The lowest BCUT2D eigenvalue weighted by Gasteiger charge is -2.09. The number of carbonyl (C=O) groups is 3. The number of amides is 2. The number of nitrogens with two attached hydrogens (primary N) is 1. The molecule has 0 aromatic carbocycles. The quantitative estimate of drug-likeness (QED) is 0.548. The van der Waals surface area contributed by atoms with Crippen molar-refractivity contribution in [3.8, 4) is 0 Å². The average molecular weight is 230 g/mol. The number of ether oxygens (including phenoxy) is 2. The maximum Gasteiger partial charge on any atom is 0.335 e. The van der Waals surface area contributed by atoms with E-state index in [-0.39, 0.29) is 6.54 Å². The van der Waals surface area contributed by atoms with Gasteiger partial charge in [0.25, 0.3) is 5.91 Å². The summed E-state index contributed by atoms with van der Waals surface area (Å²) in [6, 6.07) is 0. The van der Waals surface area contributed by atoms with Crippen molar-refractivity contribution < 1.29 is 23.9 Å². The Morgan fingerprint density at radius 3 is 2.75 bits per heavy atom. The first kappa shape index (κ1) is 12.4. The average Bonchev–Trinajstić information content (AvgIpc) is 2.76. The molecule has 16 heavy (non-hydrogen) atoms. The summed E-state index contributed by atoms with van der Waals surface area (Å²) < 4.78 is 9.76. The van der Waals surface area contributed by atoms with Gasteiger partial charge in [0.05, 0.1) is 6.54 Å². The first-order chi connectivity index (χ1) is 7.59. The van der Waals surface area contributed by atoms with Gasteiger partial charge in [0.15, 0.2) is 12.7 Å². The Kier molecular flexibility index (Phi) is 4.71. The van der Waals surface area contributed by atoms with Crippen LogP contribution >= 0.6 is 0 Å². The fourth-order valence-corrected chi connectivity index (χ4v) is 1.23. The highest BCUT2D eigenvalue weighted by atomic mass is 16.6. The van der Waals surface area contributed by atoms with E-state index in [2.05, 4.69) is 5.32 Å². The Balaban J connectivity index is 2.15. The second-order valence-corrected chi connectivity index (χ2v) is 3.35. The van der Waals surface area contributed by atoms with Crippen LogP contribution in [0.25, 0.3) is 0 Å². The number of hydrogen-bond donors (Lipinski definition) is 2. The van der Waals surface area contributed by atoms with Crippen LogP contribution in [0.1, 0.15) is 12.8 Å². The minimum atomic E-state index is -0.654. The number of carbonyl (C=O) groups excluding carboxylic acids is 3. The van der Waals surface area contributed by atoms with Gasteiger partial charge in [0, 0.05) is 6.61 Å². The highest BCUT2D eigenvalue weighted by Gasteiger charge is 2.25. The summed E-state index contributed by atoms with van der Waals surface area (Å²) in [4.78, 5) is 32.6. The topological polar surface area (TPSA) is 108 Å². The fourth-order valence-electron chi connectivity index (χ4n) is 1.23. The maximum atomic E-state index is 11.3. The van der Waals surface area contributed by atoms with E-state index in [0.29, 0.717) is 13.0 Å². The highest BCUT2D eigenvalue weighted by Crippen LogP contribution is 2.12. The van der Waals surface area contributed by atoms with Gasteiger partial charge < -0.3 is 20.5 Å². The molecule has 1 rings (SSSR count). The molecular weight excluding hydrogens is 216 g/mol. The molecule has 7 heteroatoms. The van der Waals surface area contributed by atoms with E-state index in [1.54, 1.807) is 0 Å². The molecule has 0 radical (unpaired) electrons. The summed E-state index contributed by atoms with van der Waals surface area (Å²) in [5.41, 5.74) is 4.81. The van der Waals surface area contributed by atoms with Gasteiger partial charge in [0.2, 0.25) is 5.91 Å². The van der Waals surface area contributed by atoms with Crippen LogP contribution in [-0.2, 0) is 23.9 Å². The van der Waals surface area contributed by atoms with Gasteiger partial charge in [-0.1, -0.05) is 0 Å². The Morgan fingerprint density at radius 2 is 2.19 bits per heavy atom. The molecule has 0 bridgehead atoms. The number of esters is 1. The predicted octanol–water partition coefficient (Wildman–Crippen LogP) is -1.69. The molecule has 0 aliphatic carbocycles. The van der Waals surface area contributed by atoms with Crippen LogP contribution in [0.3, 0.4) is 0 Å². The van der Waals surface area contributed by atoms with Crippen molar-refractivity contribution >= 4 is 17.8 Å². The Bertz CT molecular complexity index is 286. The normalized spacial score (nSPS) is 19.1. The zero-order valence-electron chi connectivity index (χ0n) is 8.73. The van der Waals surface area contributed by atoms with Crippen molar-refractivity contribution in [2.75, 3.05) is 19.8 Å². The molecule has 2 amide bonds. The zero-order chi connectivity index (χ0) is 12.0. The van der Waals surface area contributed by atoms with Crippen LogP contribution in [0, 0.1) is 0 Å². The monoisotopic (exact) mass is 230 g/mol. The lowest BCUT2D eigenvalue weighted by atomic mass is 10.2. The molecule has 0 aromatic heterocycles. The van der Waals surface area contributed by atoms with Gasteiger partial charge in [-0.3, -0.25) is 9.59 Å². The van der Waals surface area contributed by atoms with E-state index in [9.17, 15) is 14.4 Å². The smallest absolute Gasteiger partial charge is 0.335 e. The standard InChI is InChI=1S/C9H14N2O5/c10-7(12)4-11-8(13)5-16-9(14)6-2-1-3-15-6/h6H,1-5H2,(H2,10,12)(H,11,13)/t6-/m1/s1. The molecule has 0 spiro atoms. The summed E-state index contributed by atoms with van der Waals surface area (Å²) in [5, 5.41) is 2.20. The third-order valence-electron chi connectivity index (χ3n) is 2.00. The maximum absolute atomic E-state index is 11.3. The Labute approximate surface area is 92.3 Å². The van der Waals surface area contributed by atoms with Crippen LogP contribution < -0.4 is 11.1 Å². The summed E-state index contributed by atoms with van der Waals surface area (Å²) in [6.07, 6.45) is 0.860. The van der Waals surface area contributed by atoms with Gasteiger partial charge in [-0.25, -0.2) is 4.79 Å². The van der Waals surface area contributed by atoms with Crippen molar-refractivity contribution in [3.63, 3.8) is 0 Å². The van der Waals surface area contributed by atoms with Crippen LogP contribution in [-0.4, -0.2) is 43.6 Å². The Hall–Kier alpha value is -1.63. The summed E-state index contributed by atoms with van der Waals surface area (Å²) >= 11 is 0. The van der Waals surface area contributed by atoms with Crippen LogP contribution in [0.4, 0.5) is 0 Å². The molecule has 1 fully saturated rings. The van der Waals surface area contributed by atoms with Crippen molar-refractivity contribution in [1.29, 1.82) is 0 Å². The minimum Gasteiger partial charge on any atom is -0.454 e. The van der Waals surface area contributed by atoms with E-state index in [0.717, 1.165) is 6.42 Å². The molecule has 0 aromatic rings. The lowest BCUT2D eigenvalue weighted by molar-refractivity contribution is -0.157. The zero-order valence-corrected chi connectivity index (χ0v) is 8.73. The molecule has 1 atom stereocenters. The molecule has 90 valence electrons. The second-order valence-electron chi connectivity index (χ2n) is 3.35. The first-order valence-corrected chi connectivity index (χ1v) is 4.93. The van der Waals surface area contributed by atoms with Crippen LogP contribution in [0.5, 0.6) is 0 Å². The third-order valence-corrected chi connectivity index (χ3v) is 2.00. The highest BCUT2D eigenvalue weighted by molar-refractivity contribution is 5.86.